The summed E-state index contributed by atoms with van der Waals surface area (Å²) in [5, 5.41) is 9.24. The van der Waals surface area contributed by atoms with Crippen LogP contribution in [-0.4, -0.2) is 24.5 Å². The fourth-order valence-electron chi connectivity index (χ4n) is 1.67. The minimum atomic E-state index is -4.00. The van der Waals surface area contributed by atoms with Gasteiger partial charge in [0.05, 0.1) is 0 Å². The van der Waals surface area contributed by atoms with E-state index in [0.717, 1.165) is 6.20 Å². The van der Waals surface area contributed by atoms with Gasteiger partial charge in [0, 0.05) is 16.9 Å². The Kier molecular flexibility index (Phi) is 4.71. The van der Waals surface area contributed by atoms with E-state index in [1.165, 1.54) is 12.3 Å². The van der Waals surface area contributed by atoms with E-state index >= 15 is 0 Å². The number of carbonyl (C=O) groups is 1. The number of aliphatic carboxylic acids is 1. The summed E-state index contributed by atoms with van der Waals surface area (Å²) in [6, 6.07) is 8.06. The van der Waals surface area contributed by atoms with Crippen LogP contribution in [0.1, 0.15) is 11.6 Å². The van der Waals surface area contributed by atoms with Crippen LogP contribution in [-0.2, 0) is 14.8 Å². The van der Waals surface area contributed by atoms with Crippen LogP contribution in [0.3, 0.4) is 0 Å². The van der Waals surface area contributed by atoms with Crippen LogP contribution in [0, 0.1) is 0 Å². The first-order valence-electron chi connectivity index (χ1n) is 5.81. The molecule has 0 aliphatic carbocycles. The van der Waals surface area contributed by atoms with Crippen LogP contribution in [0.2, 0.25) is 0 Å². The number of pyridine rings is 1. The summed E-state index contributed by atoms with van der Waals surface area (Å²) in [5.74, 6) is -1.28. The van der Waals surface area contributed by atoms with Crippen molar-refractivity contribution >= 4 is 31.9 Å². The van der Waals surface area contributed by atoms with E-state index in [4.69, 9.17) is 0 Å². The first kappa shape index (κ1) is 15.6. The molecule has 1 aromatic heterocycles. The highest BCUT2D eigenvalue weighted by atomic mass is 79.9. The van der Waals surface area contributed by atoms with Crippen molar-refractivity contribution in [2.45, 2.75) is 10.9 Å². The quantitative estimate of drug-likeness (QED) is 0.838. The molecule has 0 fully saturated rings. The molecule has 6 nitrogen and oxygen atoms in total. The lowest BCUT2D eigenvalue weighted by Gasteiger charge is -2.15. The molecule has 2 aromatic rings. The third kappa shape index (κ3) is 3.87. The molecule has 0 aliphatic rings. The standard InChI is InChI=1S/C13H11BrN2O4S/c14-10-6-11(8-15-7-10)21(19,20)16-12(13(17)18)9-4-2-1-3-5-9/h1-8,12,16H,(H,17,18)/t12-/m0/s1. The number of benzene rings is 1. The van der Waals surface area contributed by atoms with Crippen LogP contribution in [0.4, 0.5) is 0 Å². The zero-order chi connectivity index (χ0) is 15.5. The minimum Gasteiger partial charge on any atom is -0.480 e. The molecule has 2 rings (SSSR count). The van der Waals surface area contributed by atoms with E-state index in [0.29, 0.717) is 10.0 Å². The lowest BCUT2D eigenvalue weighted by molar-refractivity contribution is -0.139. The zero-order valence-electron chi connectivity index (χ0n) is 10.6. The highest BCUT2D eigenvalue weighted by Gasteiger charge is 2.27. The number of hydrogen-bond acceptors (Lipinski definition) is 4. The number of hydrogen-bond donors (Lipinski definition) is 2. The molecular weight excluding hydrogens is 360 g/mol. The zero-order valence-corrected chi connectivity index (χ0v) is 13.0. The van der Waals surface area contributed by atoms with Gasteiger partial charge in [0.2, 0.25) is 10.0 Å². The number of nitrogens with zero attached hydrogens (tertiary/aromatic N) is 1. The highest BCUT2D eigenvalue weighted by Crippen LogP contribution is 2.19. The summed E-state index contributed by atoms with van der Waals surface area (Å²) in [5.41, 5.74) is 0.344. The number of rotatable bonds is 5. The number of nitrogens with one attached hydrogen (secondary N) is 1. The Morgan fingerprint density at radius 3 is 2.48 bits per heavy atom. The third-order valence-electron chi connectivity index (χ3n) is 2.64. The van der Waals surface area contributed by atoms with E-state index in [9.17, 15) is 18.3 Å². The van der Waals surface area contributed by atoms with Crippen LogP contribution in [0.25, 0.3) is 0 Å². The van der Waals surface area contributed by atoms with Crippen LogP contribution < -0.4 is 4.72 Å². The Morgan fingerprint density at radius 1 is 1.24 bits per heavy atom. The predicted molar refractivity (Wildman–Crippen MR) is 79.1 cm³/mol. The molecule has 2 N–H and O–H groups in total. The molecular formula is C13H11BrN2O4S. The normalized spacial score (nSPS) is 12.8. The number of carboxylic acid groups (broad SMARTS) is 1. The molecule has 1 atom stereocenters. The second-order valence-corrected chi connectivity index (χ2v) is 6.77. The van der Waals surface area contributed by atoms with Crippen molar-refractivity contribution in [2.75, 3.05) is 0 Å². The van der Waals surface area contributed by atoms with Crippen molar-refractivity contribution in [1.29, 1.82) is 0 Å². The Bertz CT molecular complexity index is 750. The number of halogens is 1. The van der Waals surface area contributed by atoms with Gasteiger partial charge in [-0.2, -0.15) is 4.72 Å². The minimum absolute atomic E-state index is 0.112. The molecule has 0 aliphatic heterocycles. The van der Waals surface area contributed by atoms with E-state index in [1.807, 2.05) is 0 Å². The van der Waals surface area contributed by atoms with Crippen molar-refractivity contribution in [2.24, 2.45) is 0 Å². The van der Waals surface area contributed by atoms with Crippen molar-refractivity contribution in [3.05, 3.63) is 58.8 Å². The second kappa shape index (κ2) is 6.33. The summed E-state index contributed by atoms with van der Waals surface area (Å²) >= 11 is 3.12. The molecule has 0 saturated carbocycles. The van der Waals surface area contributed by atoms with Crippen molar-refractivity contribution in [3.63, 3.8) is 0 Å². The average molecular weight is 371 g/mol. The van der Waals surface area contributed by atoms with Crippen molar-refractivity contribution in [3.8, 4) is 0 Å². The lowest BCUT2D eigenvalue weighted by Crippen LogP contribution is -2.33. The van der Waals surface area contributed by atoms with Gasteiger partial charge in [-0.25, -0.2) is 8.42 Å². The molecule has 0 amide bonds. The van der Waals surface area contributed by atoms with E-state index in [2.05, 4.69) is 25.6 Å². The Balaban J connectivity index is 2.35. The first-order chi connectivity index (χ1) is 9.90. The van der Waals surface area contributed by atoms with Gasteiger partial charge in [-0.1, -0.05) is 30.3 Å². The van der Waals surface area contributed by atoms with Gasteiger partial charge in [-0.15, -0.1) is 0 Å². The van der Waals surface area contributed by atoms with Gasteiger partial charge in [0.15, 0.2) is 0 Å². The van der Waals surface area contributed by atoms with E-state index in [1.54, 1.807) is 30.3 Å². The van der Waals surface area contributed by atoms with Gasteiger partial charge < -0.3 is 5.11 Å². The van der Waals surface area contributed by atoms with Crippen LogP contribution >= 0.6 is 15.9 Å². The van der Waals surface area contributed by atoms with Crippen LogP contribution in [0.15, 0.2) is 58.2 Å². The monoisotopic (exact) mass is 370 g/mol. The molecule has 8 heteroatoms. The fourth-order valence-corrected chi connectivity index (χ4v) is 3.35. The topological polar surface area (TPSA) is 96.4 Å². The molecule has 0 unspecified atom stereocenters. The summed E-state index contributed by atoms with van der Waals surface area (Å²) in [7, 11) is -4.00. The molecule has 110 valence electrons. The molecule has 0 bridgehead atoms. The maximum Gasteiger partial charge on any atom is 0.326 e. The number of aromatic nitrogens is 1. The predicted octanol–water partition coefficient (Wildman–Crippen LogP) is 1.95. The highest BCUT2D eigenvalue weighted by molar-refractivity contribution is 9.10. The average Bonchev–Trinajstić information content (AvgIpc) is 2.45. The number of sulfonamides is 1. The largest absolute Gasteiger partial charge is 0.480 e. The van der Waals surface area contributed by atoms with Gasteiger partial charge in [0.25, 0.3) is 0 Å². The summed E-state index contributed by atoms with van der Waals surface area (Å²) in [6.45, 7) is 0. The fraction of sp³-hybridized carbons (Fsp3) is 0.0769. The van der Waals surface area contributed by atoms with Gasteiger partial charge in [-0.3, -0.25) is 9.78 Å². The maximum absolute atomic E-state index is 12.2. The van der Waals surface area contributed by atoms with Gasteiger partial charge in [0.1, 0.15) is 10.9 Å². The van der Waals surface area contributed by atoms with Gasteiger partial charge in [-0.05, 0) is 27.6 Å². The third-order valence-corrected chi connectivity index (χ3v) is 4.47. The molecule has 1 heterocycles. The molecule has 1 aromatic carbocycles. The molecule has 0 spiro atoms. The number of carboxylic acids is 1. The summed E-state index contributed by atoms with van der Waals surface area (Å²) in [6.07, 6.45) is 2.59. The lowest BCUT2D eigenvalue weighted by atomic mass is 10.1. The smallest absolute Gasteiger partial charge is 0.326 e. The van der Waals surface area contributed by atoms with Crippen molar-refractivity contribution in [1.82, 2.24) is 9.71 Å². The van der Waals surface area contributed by atoms with Crippen LogP contribution in [0.5, 0.6) is 0 Å². The van der Waals surface area contributed by atoms with Crippen molar-refractivity contribution < 1.29 is 18.3 Å². The SMILES string of the molecule is O=C(O)[C@@H](NS(=O)(=O)c1cncc(Br)c1)c1ccccc1. The van der Waals surface area contributed by atoms with E-state index in [-0.39, 0.29) is 4.90 Å². The van der Waals surface area contributed by atoms with E-state index < -0.39 is 22.0 Å². The molecule has 21 heavy (non-hydrogen) atoms. The summed E-state index contributed by atoms with van der Waals surface area (Å²) < 4.78 is 27.1. The summed E-state index contributed by atoms with van der Waals surface area (Å²) in [4.78, 5) is 15.0. The second-order valence-electron chi connectivity index (χ2n) is 4.14. The Labute approximate surface area is 130 Å². The molecule has 0 saturated heterocycles. The Morgan fingerprint density at radius 2 is 1.90 bits per heavy atom. The maximum atomic E-state index is 12.2. The first-order valence-corrected chi connectivity index (χ1v) is 8.08. The Hall–Kier alpha value is -1.77. The van der Waals surface area contributed by atoms with Gasteiger partial charge >= 0.3 is 5.97 Å². The molecule has 0 radical (unpaired) electrons.